The zero-order chi connectivity index (χ0) is 20.1. The Morgan fingerprint density at radius 3 is 2.68 bits per heavy atom. The quantitative estimate of drug-likeness (QED) is 0.625. The van der Waals surface area contributed by atoms with E-state index in [1.165, 1.54) is 6.07 Å². The van der Waals surface area contributed by atoms with Crippen LogP contribution in [0, 0.1) is 11.7 Å². The van der Waals surface area contributed by atoms with Crippen molar-refractivity contribution in [1.29, 1.82) is 0 Å². The van der Waals surface area contributed by atoms with Crippen LogP contribution in [0.5, 0.6) is 0 Å². The first-order valence-corrected chi connectivity index (χ1v) is 11.1. The van der Waals surface area contributed by atoms with Gasteiger partial charge in [0.2, 0.25) is 10.0 Å². The lowest BCUT2D eigenvalue weighted by Gasteiger charge is -2.13. The first kappa shape index (κ1) is 19.1. The molecule has 0 aliphatic heterocycles. The SMILES string of the molecule is CC(C)Cn1cc([C@@H](C)NS(=O)(=O)C2CC2)c2cc(F)c(-c3ccn[nH]3)cc21. The molecule has 1 atom stereocenters. The van der Waals surface area contributed by atoms with E-state index in [-0.39, 0.29) is 11.1 Å². The van der Waals surface area contributed by atoms with Gasteiger partial charge in [-0.3, -0.25) is 5.10 Å². The summed E-state index contributed by atoms with van der Waals surface area (Å²) in [5, 5.41) is 7.16. The van der Waals surface area contributed by atoms with Crippen LogP contribution in [0.2, 0.25) is 0 Å². The summed E-state index contributed by atoms with van der Waals surface area (Å²) < 4.78 is 44.5. The fourth-order valence-corrected chi connectivity index (χ4v) is 5.19. The van der Waals surface area contributed by atoms with Crippen molar-refractivity contribution in [3.8, 4) is 11.3 Å². The molecule has 6 nitrogen and oxygen atoms in total. The van der Waals surface area contributed by atoms with Crippen LogP contribution >= 0.6 is 0 Å². The predicted octanol–water partition coefficient (Wildman–Crippen LogP) is 3.97. The van der Waals surface area contributed by atoms with Crippen LogP contribution in [-0.4, -0.2) is 28.4 Å². The van der Waals surface area contributed by atoms with Gasteiger partial charge in [0.15, 0.2) is 0 Å². The van der Waals surface area contributed by atoms with E-state index in [4.69, 9.17) is 0 Å². The molecule has 2 N–H and O–H groups in total. The van der Waals surface area contributed by atoms with Gasteiger partial charge in [-0.25, -0.2) is 17.5 Å². The van der Waals surface area contributed by atoms with Gasteiger partial charge in [0.05, 0.1) is 10.9 Å². The summed E-state index contributed by atoms with van der Waals surface area (Å²) in [5.74, 6) is 0.0279. The van der Waals surface area contributed by atoms with Gasteiger partial charge in [-0.15, -0.1) is 0 Å². The number of rotatable bonds is 7. The van der Waals surface area contributed by atoms with E-state index in [2.05, 4.69) is 33.3 Å². The van der Waals surface area contributed by atoms with Crippen molar-refractivity contribution in [3.05, 3.63) is 42.0 Å². The third kappa shape index (κ3) is 3.58. The third-order valence-corrected chi connectivity index (χ3v) is 7.16. The maximum Gasteiger partial charge on any atom is 0.215 e. The van der Waals surface area contributed by atoms with Crippen molar-refractivity contribution in [3.63, 3.8) is 0 Å². The summed E-state index contributed by atoms with van der Waals surface area (Å²) in [6, 6.07) is 4.61. The number of sulfonamides is 1. The topological polar surface area (TPSA) is 79.8 Å². The maximum atomic E-state index is 14.9. The fourth-order valence-electron chi connectivity index (χ4n) is 3.62. The second-order valence-corrected chi connectivity index (χ2v) is 10.0. The van der Waals surface area contributed by atoms with Gasteiger partial charge in [0, 0.05) is 41.4 Å². The van der Waals surface area contributed by atoms with Gasteiger partial charge in [-0.05, 0) is 49.4 Å². The number of nitrogens with zero attached hydrogens (tertiary/aromatic N) is 2. The Morgan fingerprint density at radius 2 is 2.07 bits per heavy atom. The van der Waals surface area contributed by atoms with Crippen LogP contribution in [0.3, 0.4) is 0 Å². The highest BCUT2D eigenvalue weighted by molar-refractivity contribution is 7.90. The number of benzene rings is 1. The van der Waals surface area contributed by atoms with Crippen molar-refractivity contribution in [2.24, 2.45) is 5.92 Å². The molecule has 2 aromatic heterocycles. The summed E-state index contributed by atoms with van der Waals surface area (Å²) in [4.78, 5) is 0. The minimum Gasteiger partial charge on any atom is -0.347 e. The molecule has 0 unspecified atom stereocenters. The zero-order valence-electron chi connectivity index (χ0n) is 16.2. The number of halogens is 1. The molecule has 4 rings (SSSR count). The van der Waals surface area contributed by atoms with Gasteiger partial charge in [-0.2, -0.15) is 5.10 Å². The highest BCUT2D eigenvalue weighted by Crippen LogP contribution is 2.34. The molecule has 28 heavy (non-hydrogen) atoms. The van der Waals surface area contributed by atoms with Crippen LogP contribution < -0.4 is 4.72 Å². The van der Waals surface area contributed by atoms with Crippen LogP contribution in [0.15, 0.2) is 30.6 Å². The highest BCUT2D eigenvalue weighted by atomic mass is 32.2. The lowest BCUT2D eigenvalue weighted by Crippen LogP contribution is -2.29. The van der Waals surface area contributed by atoms with Crippen molar-refractivity contribution >= 4 is 20.9 Å². The number of fused-ring (bicyclic) bond motifs is 1. The molecule has 150 valence electrons. The Kier molecular flexibility index (Phi) is 4.79. The number of aromatic amines is 1. The normalized spacial score (nSPS) is 16.2. The molecule has 0 amide bonds. The van der Waals surface area contributed by atoms with Crippen LogP contribution in [-0.2, 0) is 16.6 Å². The average Bonchev–Trinajstić information content (AvgIpc) is 3.25. The molecule has 0 saturated heterocycles. The van der Waals surface area contributed by atoms with Gasteiger partial charge in [-0.1, -0.05) is 13.8 Å². The lowest BCUT2D eigenvalue weighted by molar-refractivity contribution is 0.532. The van der Waals surface area contributed by atoms with E-state index in [0.717, 1.165) is 23.0 Å². The molecule has 0 spiro atoms. The summed E-state index contributed by atoms with van der Waals surface area (Å²) in [7, 11) is -3.34. The van der Waals surface area contributed by atoms with E-state index < -0.39 is 16.1 Å². The van der Waals surface area contributed by atoms with E-state index in [1.54, 1.807) is 12.3 Å². The lowest BCUT2D eigenvalue weighted by atomic mass is 10.0. The number of hydrogen-bond acceptors (Lipinski definition) is 3. The largest absolute Gasteiger partial charge is 0.347 e. The first-order chi connectivity index (χ1) is 13.3. The van der Waals surface area contributed by atoms with Gasteiger partial charge < -0.3 is 4.57 Å². The molecule has 1 saturated carbocycles. The average molecular weight is 405 g/mol. The van der Waals surface area contributed by atoms with Crippen LogP contribution in [0.4, 0.5) is 4.39 Å². The van der Waals surface area contributed by atoms with E-state index in [1.807, 2.05) is 19.2 Å². The Hall–Kier alpha value is -2.19. The highest BCUT2D eigenvalue weighted by Gasteiger charge is 2.37. The zero-order valence-corrected chi connectivity index (χ0v) is 17.1. The molecular weight excluding hydrogens is 379 g/mol. The summed E-state index contributed by atoms with van der Waals surface area (Å²) in [5.41, 5.74) is 2.73. The Morgan fingerprint density at radius 1 is 1.32 bits per heavy atom. The molecule has 1 aliphatic carbocycles. The summed E-state index contributed by atoms with van der Waals surface area (Å²) >= 11 is 0. The van der Waals surface area contributed by atoms with Crippen molar-refractivity contribution in [2.75, 3.05) is 0 Å². The molecule has 8 heteroatoms. The number of nitrogens with one attached hydrogen (secondary N) is 2. The Bertz CT molecular complexity index is 1100. The van der Waals surface area contributed by atoms with E-state index in [0.29, 0.717) is 30.0 Å². The number of aromatic nitrogens is 3. The standard InChI is InChI=1S/C20H25FN4O2S/c1-12(2)10-25-11-17(13(3)24-28(26,27)14-4-5-14)15-8-18(21)16(9-20(15)25)19-6-7-22-23-19/h6-9,11-14,24H,4-5,10H2,1-3H3,(H,22,23)/t13-/m1/s1. The molecule has 3 aromatic rings. The van der Waals surface area contributed by atoms with Gasteiger partial charge in [0.25, 0.3) is 0 Å². The van der Waals surface area contributed by atoms with E-state index in [9.17, 15) is 12.8 Å². The molecule has 1 fully saturated rings. The van der Waals surface area contributed by atoms with Crippen molar-refractivity contribution in [1.82, 2.24) is 19.5 Å². The van der Waals surface area contributed by atoms with E-state index >= 15 is 0 Å². The van der Waals surface area contributed by atoms with Crippen molar-refractivity contribution < 1.29 is 12.8 Å². The second-order valence-electron chi connectivity index (χ2n) is 8.03. The predicted molar refractivity (Wildman–Crippen MR) is 108 cm³/mol. The number of H-pyrrole nitrogens is 1. The molecule has 2 heterocycles. The first-order valence-electron chi connectivity index (χ1n) is 9.59. The smallest absolute Gasteiger partial charge is 0.215 e. The molecule has 1 aromatic carbocycles. The maximum absolute atomic E-state index is 14.9. The number of hydrogen-bond donors (Lipinski definition) is 2. The molecule has 1 aliphatic rings. The monoisotopic (exact) mass is 404 g/mol. The fraction of sp³-hybridized carbons (Fsp3) is 0.450. The summed E-state index contributed by atoms with van der Waals surface area (Å²) in [6.45, 7) is 6.80. The molecule has 0 radical (unpaired) electrons. The Balaban J connectivity index is 1.81. The van der Waals surface area contributed by atoms with Gasteiger partial charge >= 0.3 is 0 Å². The minimum atomic E-state index is -3.34. The van der Waals surface area contributed by atoms with Crippen LogP contribution in [0.25, 0.3) is 22.2 Å². The van der Waals surface area contributed by atoms with Gasteiger partial charge in [0.1, 0.15) is 5.82 Å². The summed E-state index contributed by atoms with van der Waals surface area (Å²) in [6.07, 6.45) is 4.95. The molecule has 0 bridgehead atoms. The Labute approximate surface area is 164 Å². The minimum absolute atomic E-state index is 0.289. The third-order valence-electron chi connectivity index (χ3n) is 5.12. The second kappa shape index (κ2) is 7.00. The van der Waals surface area contributed by atoms with Crippen LogP contribution in [0.1, 0.15) is 45.2 Å². The van der Waals surface area contributed by atoms with Crippen molar-refractivity contribution in [2.45, 2.75) is 51.4 Å². The molecular formula is C20H25FN4O2S.